The molecule has 4 rings (SSSR count). The number of fused-ring (bicyclic) bond motifs is 1. The second kappa shape index (κ2) is 7.30. The molecule has 146 valence electrons. The van der Waals surface area contributed by atoms with E-state index in [9.17, 15) is 14.7 Å². The smallest absolute Gasteiger partial charge is 0.407 e. The number of benzene rings is 2. The first-order valence-electron chi connectivity index (χ1n) is 9.24. The number of halogens is 2. The third-order valence-corrected chi connectivity index (χ3v) is 6.42. The number of carbonyl (C=O) groups excluding carboxylic acids is 1. The highest BCUT2D eigenvalue weighted by molar-refractivity contribution is 6.31. The summed E-state index contributed by atoms with van der Waals surface area (Å²) in [7, 11) is 0. The zero-order chi connectivity index (χ0) is 19.9. The average Bonchev–Trinajstić information content (AvgIpc) is 2.93. The highest BCUT2D eigenvalue weighted by Crippen LogP contribution is 2.49. The molecule has 28 heavy (non-hydrogen) atoms. The predicted octanol–water partition coefficient (Wildman–Crippen LogP) is 4.82. The minimum absolute atomic E-state index is 0.0181. The van der Waals surface area contributed by atoms with Gasteiger partial charge in [0.2, 0.25) is 5.91 Å². The number of hydrogen-bond donors (Lipinski definition) is 2. The maximum atomic E-state index is 13.4. The molecule has 2 aromatic carbocycles. The minimum Gasteiger partial charge on any atom is -0.465 e. The Morgan fingerprint density at radius 1 is 1.14 bits per heavy atom. The molecule has 0 aliphatic carbocycles. The first-order chi connectivity index (χ1) is 13.4. The van der Waals surface area contributed by atoms with Crippen LogP contribution in [0.1, 0.15) is 24.0 Å². The number of amides is 2. The summed E-state index contributed by atoms with van der Waals surface area (Å²) in [5.74, 6) is -0.0389. The first-order valence-corrected chi connectivity index (χ1v) is 9.99. The summed E-state index contributed by atoms with van der Waals surface area (Å²) in [6.45, 7) is 0.848. The molecule has 0 saturated carbocycles. The summed E-state index contributed by atoms with van der Waals surface area (Å²) >= 11 is 12.3. The van der Waals surface area contributed by atoms with Crippen LogP contribution in [0, 0.1) is 5.92 Å². The molecule has 2 aliphatic rings. The summed E-state index contributed by atoms with van der Waals surface area (Å²) in [4.78, 5) is 26.1. The summed E-state index contributed by atoms with van der Waals surface area (Å²) in [5, 5.41) is 13.5. The van der Waals surface area contributed by atoms with Gasteiger partial charge in [-0.05, 0) is 60.6 Å². The maximum Gasteiger partial charge on any atom is 0.407 e. The van der Waals surface area contributed by atoms with E-state index in [1.807, 2.05) is 30.3 Å². The molecule has 5 nitrogen and oxygen atoms in total. The van der Waals surface area contributed by atoms with Crippen molar-refractivity contribution in [3.63, 3.8) is 0 Å². The molecule has 1 fully saturated rings. The van der Waals surface area contributed by atoms with Crippen LogP contribution < -0.4 is 5.32 Å². The van der Waals surface area contributed by atoms with Crippen molar-refractivity contribution in [3.8, 4) is 0 Å². The Balaban J connectivity index is 1.77. The standard InChI is InChI=1S/C21H20Cl2N2O3/c22-15-3-1-2-13(10-15)12-21(14-6-8-25(9-7-14)20(27)28)17-5-4-16(23)11-18(17)24-19(21)26/h1-5,10-11,14H,6-9,12H2,(H,24,26)(H,27,28). The van der Waals surface area contributed by atoms with E-state index in [0.717, 1.165) is 16.8 Å². The van der Waals surface area contributed by atoms with Gasteiger partial charge in [-0.15, -0.1) is 0 Å². The van der Waals surface area contributed by atoms with Crippen LogP contribution in [-0.4, -0.2) is 35.1 Å². The Kier molecular flexibility index (Phi) is 4.98. The van der Waals surface area contributed by atoms with Crippen molar-refractivity contribution >= 4 is 40.9 Å². The van der Waals surface area contributed by atoms with Crippen molar-refractivity contribution in [2.45, 2.75) is 24.7 Å². The summed E-state index contributed by atoms with van der Waals surface area (Å²) < 4.78 is 0. The van der Waals surface area contributed by atoms with Gasteiger partial charge in [-0.3, -0.25) is 4.79 Å². The molecule has 2 aliphatic heterocycles. The number of carbonyl (C=O) groups is 2. The molecule has 0 aromatic heterocycles. The van der Waals surface area contributed by atoms with Crippen molar-refractivity contribution in [1.29, 1.82) is 0 Å². The van der Waals surface area contributed by atoms with Crippen LogP contribution in [0.15, 0.2) is 42.5 Å². The lowest BCUT2D eigenvalue weighted by molar-refractivity contribution is -0.123. The Morgan fingerprint density at radius 3 is 2.54 bits per heavy atom. The van der Waals surface area contributed by atoms with Crippen molar-refractivity contribution in [3.05, 3.63) is 63.6 Å². The van der Waals surface area contributed by atoms with Gasteiger partial charge in [0.1, 0.15) is 0 Å². The molecule has 2 amide bonds. The van der Waals surface area contributed by atoms with Gasteiger partial charge in [-0.25, -0.2) is 4.79 Å². The van der Waals surface area contributed by atoms with Crippen molar-refractivity contribution in [2.24, 2.45) is 5.92 Å². The normalized spacial score (nSPS) is 22.1. The van der Waals surface area contributed by atoms with E-state index in [-0.39, 0.29) is 11.8 Å². The number of rotatable bonds is 3. The molecular formula is C21H20Cl2N2O3. The number of anilines is 1. The highest BCUT2D eigenvalue weighted by Gasteiger charge is 2.52. The molecule has 7 heteroatoms. The fraction of sp³-hybridized carbons (Fsp3) is 0.333. The first kappa shape index (κ1) is 19.1. The van der Waals surface area contributed by atoms with Crippen LogP contribution in [0.3, 0.4) is 0 Å². The summed E-state index contributed by atoms with van der Waals surface area (Å²) in [6, 6.07) is 13.1. The van der Waals surface area contributed by atoms with E-state index in [2.05, 4.69) is 5.32 Å². The maximum absolute atomic E-state index is 13.4. The number of carboxylic acid groups (broad SMARTS) is 1. The number of piperidine rings is 1. The zero-order valence-electron chi connectivity index (χ0n) is 15.1. The number of nitrogens with one attached hydrogen (secondary N) is 1. The van der Waals surface area contributed by atoms with E-state index < -0.39 is 11.5 Å². The van der Waals surface area contributed by atoms with Gasteiger partial charge in [-0.2, -0.15) is 0 Å². The monoisotopic (exact) mass is 418 g/mol. The van der Waals surface area contributed by atoms with Crippen molar-refractivity contribution in [2.75, 3.05) is 18.4 Å². The van der Waals surface area contributed by atoms with Gasteiger partial charge >= 0.3 is 6.09 Å². The van der Waals surface area contributed by atoms with E-state index in [1.54, 1.807) is 12.1 Å². The fourth-order valence-electron chi connectivity index (χ4n) is 4.62. The predicted molar refractivity (Wildman–Crippen MR) is 109 cm³/mol. The molecule has 0 radical (unpaired) electrons. The summed E-state index contributed by atoms with van der Waals surface area (Å²) in [5.41, 5.74) is 1.87. The molecule has 0 spiro atoms. The van der Waals surface area contributed by atoms with Gasteiger partial charge in [0.15, 0.2) is 0 Å². The Labute approximate surface area is 173 Å². The van der Waals surface area contributed by atoms with Crippen molar-refractivity contribution in [1.82, 2.24) is 4.90 Å². The van der Waals surface area contributed by atoms with Crippen LogP contribution >= 0.6 is 23.2 Å². The third kappa shape index (κ3) is 3.23. The van der Waals surface area contributed by atoms with Gasteiger partial charge in [0.05, 0.1) is 5.41 Å². The molecule has 1 atom stereocenters. The Hall–Kier alpha value is -2.24. The van der Waals surface area contributed by atoms with Gasteiger partial charge in [-0.1, -0.05) is 41.4 Å². The lowest BCUT2D eigenvalue weighted by atomic mass is 9.64. The molecule has 0 bridgehead atoms. The molecule has 2 aromatic rings. The van der Waals surface area contributed by atoms with E-state index in [4.69, 9.17) is 23.2 Å². The van der Waals surface area contributed by atoms with Gasteiger partial charge in [0, 0.05) is 28.8 Å². The SMILES string of the molecule is O=C(O)N1CCC(C2(Cc3cccc(Cl)c3)C(=O)Nc3cc(Cl)ccc32)CC1. The number of hydrogen-bond acceptors (Lipinski definition) is 2. The Morgan fingerprint density at radius 2 is 1.86 bits per heavy atom. The third-order valence-electron chi connectivity index (χ3n) is 5.95. The van der Waals surface area contributed by atoms with Crippen LogP contribution in [0.4, 0.5) is 10.5 Å². The van der Waals surface area contributed by atoms with E-state index in [0.29, 0.717) is 42.4 Å². The van der Waals surface area contributed by atoms with E-state index in [1.165, 1.54) is 4.90 Å². The molecule has 2 N–H and O–H groups in total. The number of likely N-dealkylation sites (tertiary alicyclic amines) is 1. The second-order valence-corrected chi connectivity index (χ2v) is 8.34. The van der Waals surface area contributed by atoms with Crippen LogP contribution in [-0.2, 0) is 16.6 Å². The fourth-order valence-corrected chi connectivity index (χ4v) is 5.01. The van der Waals surface area contributed by atoms with Crippen LogP contribution in [0.25, 0.3) is 0 Å². The number of nitrogens with zero attached hydrogens (tertiary/aromatic N) is 1. The molecule has 2 heterocycles. The molecular weight excluding hydrogens is 399 g/mol. The van der Waals surface area contributed by atoms with E-state index >= 15 is 0 Å². The molecule has 1 unspecified atom stereocenters. The average molecular weight is 419 g/mol. The Bertz CT molecular complexity index is 941. The van der Waals surface area contributed by atoms with Gasteiger partial charge < -0.3 is 15.3 Å². The van der Waals surface area contributed by atoms with Crippen LogP contribution in [0.2, 0.25) is 10.0 Å². The minimum atomic E-state index is -0.912. The summed E-state index contributed by atoms with van der Waals surface area (Å²) in [6.07, 6.45) is 0.849. The lowest BCUT2D eigenvalue weighted by Crippen LogP contribution is -2.49. The van der Waals surface area contributed by atoms with Gasteiger partial charge in [0.25, 0.3) is 0 Å². The van der Waals surface area contributed by atoms with Crippen molar-refractivity contribution < 1.29 is 14.7 Å². The van der Waals surface area contributed by atoms with Crippen LogP contribution in [0.5, 0.6) is 0 Å². The molecule has 1 saturated heterocycles. The topological polar surface area (TPSA) is 69.6 Å². The largest absolute Gasteiger partial charge is 0.465 e. The lowest BCUT2D eigenvalue weighted by Gasteiger charge is -2.41. The quantitative estimate of drug-likeness (QED) is 0.750. The highest BCUT2D eigenvalue weighted by atomic mass is 35.5. The second-order valence-electron chi connectivity index (χ2n) is 7.47. The zero-order valence-corrected chi connectivity index (χ0v) is 16.6.